The Labute approximate surface area is 191 Å². The number of benzene rings is 2. The van der Waals surface area contributed by atoms with Crippen molar-refractivity contribution in [2.24, 2.45) is 5.16 Å². The van der Waals surface area contributed by atoms with Gasteiger partial charge >= 0.3 is 5.97 Å². The van der Waals surface area contributed by atoms with Gasteiger partial charge in [0.25, 0.3) is 0 Å². The van der Waals surface area contributed by atoms with Crippen molar-refractivity contribution in [3.8, 4) is 11.8 Å². The third kappa shape index (κ3) is 8.00. The van der Waals surface area contributed by atoms with Crippen molar-refractivity contribution < 1.29 is 14.4 Å². The van der Waals surface area contributed by atoms with Crippen LogP contribution in [-0.4, -0.2) is 17.5 Å². The summed E-state index contributed by atoms with van der Waals surface area (Å²) in [6.45, 7) is 5.78. The maximum Gasteiger partial charge on any atom is 0.334 e. The third-order valence-electron chi connectivity index (χ3n) is 4.96. The van der Waals surface area contributed by atoms with E-state index < -0.39 is 5.97 Å². The van der Waals surface area contributed by atoms with Gasteiger partial charge in [0.15, 0.2) is 0 Å². The average molecular weight is 430 g/mol. The molecule has 166 valence electrons. The number of Topliss-reactive ketones (excluding diaryl/α,β-unsaturated/α-hetero) is 1. The van der Waals surface area contributed by atoms with Crippen molar-refractivity contribution in [3.63, 3.8) is 0 Å². The van der Waals surface area contributed by atoms with E-state index in [0.29, 0.717) is 12.0 Å². The van der Waals surface area contributed by atoms with Crippen LogP contribution >= 0.6 is 0 Å². The predicted molar refractivity (Wildman–Crippen MR) is 130 cm³/mol. The number of unbranched alkanes of at least 4 members (excludes halogenated alkanes) is 3. The molecule has 0 spiro atoms. The second-order valence-corrected chi connectivity index (χ2v) is 7.50. The second-order valence-electron chi connectivity index (χ2n) is 7.50. The molecule has 4 nitrogen and oxygen atoms in total. The quantitative estimate of drug-likeness (QED) is 0.112. The van der Waals surface area contributed by atoms with Gasteiger partial charge in [-0.15, -0.1) is 0 Å². The molecular weight excluding hydrogens is 398 g/mol. The SMILES string of the molecule is CCCCCC/C(=N\OC(=O)CC)C(=O)/C(=C/C#Cc1ccccc1)c1ccccc1C. The fraction of sp³-hybridized carbons (Fsp3) is 0.321. The molecule has 2 aromatic rings. The number of carbonyl (C=O) groups excluding carboxylic acids is 2. The maximum atomic E-state index is 13.5. The van der Waals surface area contributed by atoms with Crippen molar-refractivity contribution in [2.75, 3.05) is 0 Å². The van der Waals surface area contributed by atoms with Gasteiger partial charge in [-0.05, 0) is 43.0 Å². The van der Waals surface area contributed by atoms with Gasteiger partial charge in [-0.3, -0.25) is 4.79 Å². The largest absolute Gasteiger partial charge is 0.334 e. The molecule has 0 saturated carbocycles. The van der Waals surface area contributed by atoms with Gasteiger partial charge in [-0.1, -0.05) is 92.6 Å². The lowest BCUT2D eigenvalue weighted by molar-refractivity contribution is -0.143. The van der Waals surface area contributed by atoms with Crippen molar-refractivity contribution in [1.82, 2.24) is 0 Å². The highest BCUT2D eigenvalue weighted by Gasteiger charge is 2.20. The van der Waals surface area contributed by atoms with Gasteiger partial charge in [-0.2, -0.15) is 0 Å². The van der Waals surface area contributed by atoms with E-state index in [4.69, 9.17) is 4.84 Å². The van der Waals surface area contributed by atoms with Crippen LogP contribution in [0.2, 0.25) is 0 Å². The fourth-order valence-electron chi connectivity index (χ4n) is 3.10. The maximum absolute atomic E-state index is 13.5. The first-order valence-electron chi connectivity index (χ1n) is 11.2. The Kier molecular flexibility index (Phi) is 10.7. The van der Waals surface area contributed by atoms with Gasteiger partial charge in [0.05, 0.1) is 0 Å². The molecule has 0 N–H and O–H groups in total. The van der Waals surface area contributed by atoms with E-state index in [-0.39, 0.29) is 17.9 Å². The summed E-state index contributed by atoms with van der Waals surface area (Å²) in [5.41, 5.74) is 3.32. The topological polar surface area (TPSA) is 55.7 Å². The molecule has 0 aliphatic heterocycles. The van der Waals surface area contributed by atoms with Crippen molar-refractivity contribution >= 4 is 23.0 Å². The zero-order valence-electron chi connectivity index (χ0n) is 19.2. The second kappa shape index (κ2) is 13.8. The Hall–Kier alpha value is -3.45. The Balaban J connectivity index is 2.42. The van der Waals surface area contributed by atoms with E-state index in [0.717, 1.165) is 42.4 Å². The normalized spacial score (nSPS) is 11.5. The first kappa shape index (κ1) is 24.8. The molecule has 0 heterocycles. The van der Waals surface area contributed by atoms with E-state index >= 15 is 0 Å². The van der Waals surface area contributed by atoms with E-state index in [1.54, 1.807) is 13.0 Å². The molecule has 0 atom stereocenters. The Morgan fingerprint density at radius 3 is 2.38 bits per heavy atom. The fourth-order valence-corrected chi connectivity index (χ4v) is 3.10. The lowest BCUT2D eigenvalue weighted by atomic mass is 9.93. The molecule has 0 saturated heterocycles. The minimum absolute atomic E-state index is 0.198. The molecule has 0 aliphatic rings. The molecule has 2 aromatic carbocycles. The average Bonchev–Trinajstić information content (AvgIpc) is 2.82. The van der Waals surface area contributed by atoms with Crippen LogP contribution in [0.15, 0.2) is 65.8 Å². The molecule has 32 heavy (non-hydrogen) atoms. The van der Waals surface area contributed by atoms with Gasteiger partial charge < -0.3 is 4.84 Å². The van der Waals surface area contributed by atoms with Gasteiger partial charge in [0, 0.05) is 23.6 Å². The number of nitrogens with zero attached hydrogens (tertiary/aromatic N) is 1. The van der Waals surface area contributed by atoms with Crippen LogP contribution in [0.25, 0.3) is 5.57 Å². The zero-order chi connectivity index (χ0) is 23.2. The van der Waals surface area contributed by atoms with Crippen LogP contribution < -0.4 is 0 Å². The standard InChI is InChI=1S/C28H31NO3/c1-4-6-7-11-21-26(29-32-27(30)5-2)28(31)25(24-19-13-12-15-22(24)3)20-14-18-23-16-9-8-10-17-23/h8-10,12-13,15-17,19-20H,4-7,11,21H2,1-3H3/b25-20+,29-26+. The lowest BCUT2D eigenvalue weighted by Gasteiger charge is -2.11. The molecule has 0 unspecified atom stereocenters. The number of hydrogen-bond acceptors (Lipinski definition) is 4. The van der Waals surface area contributed by atoms with Crippen LogP contribution in [-0.2, 0) is 14.4 Å². The summed E-state index contributed by atoms with van der Waals surface area (Å²) in [7, 11) is 0. The van der Waals surface area contributed by atoms with Gasteiger partial charge in [-0.25, -0.2) is 4.79 Å². The molecule has 0 amide bonds. The minimum Gasteiger partial charge on any atom is -0.318 e. The van der Waals surface area contributed by atoms with Crippen LogP contribution in [0.1, 0.15) is 69.1 Å². The lowest BCUT2D eigenvalue weighted by Crippen LogP contribution is -2.18. The number of aryl methyl sites for hydroxylation is 1. The van der Waals surface area contributed by atoms with Gasteiger partial charge in [0.2, 0.25) is 5.78 Å². The monoisotopic (exact) mass is 429 g/mol. The number of rotatable bonds is 10. The zero-order valence-corrected chi connectivity index (χ0v) is 19.2. The Morgan fingerprint density at radius 2 is 1.69 bits per heavy atom. The molecule has 2 rings (SSSR count). The Morgan fingerprint density at radius 1 is 0.969 bits per heavy atom. The molecule has 0 aromatic heterocycles. The summed E-state index contributed by atoms with van der Waals surface area (Å²) in [6.07, 6.45) is 6.25. The molecule has 0 fully saturated rings. The minimum atomic E-state index is -0.464. The van der Waals surface area contributed by atoms with E-state index in [1.807, 2.05) is 61.5 Å². The number of oxime groups is 1. The number of hydrogen-bond donors (Lipinski definition) is 0. The van der Waals surface area contributed by atoms with Crippen molar-refractivity contribution in [3.05, 3.63) is 77.4 Å². The number of carbonyl (C=O) groups is 2. The first-order valence-corrected chi connectivity index (χ1v) is 11.2. The number of ketones is 1. The highest BCUT2D eigenvalue weighted by atomic mass is 16.7. The molecule has 0 aliphatic carbocycles. The summed E-state index contributed by atoms with van der Waals surface area (Å²) < 4.78 is 0. The van der Waals surface area contributed by atoms with E-state index in [2.05, 4.69) is 23.9 Å². The molecule has 0 radical (unpaired) electrons. The summed E-state index contributed by atoms with van der Waals surface area (Å²) in [5.74, 6) is 5.37. The van der Waals surface area contributed by atoms with Gasteiger partial charge in [0.1, 0.15) is 5.71 Å². The third-order valence-corrected chi connectivity index (χ3v) is 4.96. The Bertz CT molecular complexity index is 1020. The number of allylic oxidation sites excluding steroid dienone is 2. The van der Waals surface area contributed by atoms with E-state index in [9.17, 15) is 9.59 Å². The highest BCUT2D eigenvalue weighted by molar-refractivity contribution is 6.55. The molecule has 4 heteroatoms. The first-order chi connectivity index (χ1) is 15.6. The molecular formula is C28H31NO3. The predicted octanol–water partition coefficient (Wildman–Crippen LogP) is 6.28. The summed E-state index contributed by atoms with van der Waals surface area (Å²) in [5, 5.41) is 3.96. The van der Waals surface area contributed by atoms with Crippen LogP contribution in [0.5, 0.6) is 0 Å². The van der Waals surface area contributed by atoms with Crippen LogP contribution in [0.4, 0.5) is 0 Å². The summed E-state index contributed by atoms with van der Waals surface area (Å²) in [6, 6.07) is 17.3. The molecule has 0 bridgehead atoms. The smallest absolute Gasteiger partial charge is 0.318 e. The summed E-state index contributed by atoms with van der Waals surface area (Å²) in [4.78, 5) is 30.2. The van der Waals surface area contributed by atoms with Crippen LogP contribution in [0.3, 0.4) is 0 Å². The van der Waals surface area contributed by atoms with Crippen LogP contribution in [0, 0.1) is 18.8 Å². The van der Waals surface area contributed by atoms with Crippen molar-refractivity contribution in [1.29, 1.82) is 0 Å². The van der Waals surface area contributed by atoms with E-state index in [1.165, 1.54) is 0 Å². The van der Waals surface area contributed by atoms with Crippen molar-refractivity contribution in [2.45, 2.75) is 59.3 Å². The summed E-state index contributed by atoms with van der Waals surface area (Å²) >= 11 is 0. The highest BCUT2D eigenvalue weighted by Crippen LogP contribution is 2.22.